The first kappa shape index (κ1) is 6.95. The number of rotatable bonds is 0. The van der Waals surface area contributed by atoms with Crippen LogP contribution in [0, 0.1) is 0 Å². The van der Waals surface area contributed by atoms with Gasteiger partial charge in [0.05, 0.1) is 10.0 Å². The topological polar surface area (TPSA) is 27.0 Å². The Labute approximate surface area is 73.1 Å². The highest BCUT2D eigenvalue weighted by atomic mass is 35.5. The van der Waals surface area contributed by atoms with Crippen molar-refractivity contribution >= 4 is 34.2 Å². The predicted molar refractivity (Wildman–Crippen MR) is 45.1 cm³/mol. The number of aromatic nitrogens is 2. The van der Waals surface area contributed by atoms with Crippen molar-refractivity contribution in [1.29, 1.82) is 0 Å². The number of fused-ring (bicyclic) bond motifs is 1. The van der Waals surface area contributed by atoms with Crippen LogP contribution in [-0.4, -0.2) is 4.98 Å². The van der Waals surface area contributed by atoms with Crippen LogP contribution in [0.2, 0.25) is 10.0 Å². The lowest BCUT2D eigenvalue weighted by atomic mass is 10.3. The van der Waals surface area contributed by atoms with Crippen molar-refractivity contribution in [3.05, 3.63) is 28.5 Å². The van der Waals surface area contributed by atoms with E-state index in [0.717, 1.165) is 11.0 Å². The van der Waals surface area contributed by atoms with Gasteiger partial charge in [-0.1, -0.05) is 29.5 Å². The average molecular weight is 186 g/mol. The monoisotopic (exact) mass is 185 g/mol. The normalized spacial score (nSPS) is 10.7. The molecule has 0 amide bonds. The summed E-state index contributed by atoms with van der Waals surface area (Å²) < 4.78 is 0. The van der Waals surface area contributed by atoms with E-state index in [-0.39, 0.29) is 0 Å². The van der Waals surface area contributed by atoms with Crippen LogP contribution in [0.3, 0.4) is 0 Å². The Morgan fingerprint density at radius 3 is 2.73 bits per heavy atom. The summed E-state index contributed by atoms with van der Waals surface area (Å²) in [6.45, 7) is 0. The van der Waals surface area contributed by atoms with Crippen LogP contribution in [0.4, 0.5) is 0 Å². The molecule has 0 radical (unpaired) electrons. The number of hydrogen-bond acceptors (Lipinski definition) is 1. The van der Waals surface area contributed by atoms with E-state index < -0.39 is 0 Å². The Morgan fingerprint density at radius 1 is 1.18 bits per heavy atom. The molecular formula is C7H3Cl2N2-. The Balaban J connectivity index is 2.86. The number of benzene rings is 1. The summed E-state index contributed by atoms with van der Waals surface area (Å²) >= 11 is 11.5. The van der Waals surface area contributed by atoms with Gasteiger partial charge in [-0.05, 0) is 23.2 Å². The summed E-state index contributed by atoms with van der Waals surface area (Å²) in [5, 5.41) is 1.03. The molecule has 2 nitrogen and oxygen atoms in total. The molecular weight excluding hydrogens is 183 g/mol. The maximum absolute atomic E-state index is 5.74. The molecule has 11 heavy (non-hydrogen) atoms. The van der Waals surface area contributed by atoms with Gasteiger partial charge in [-0.2, -0.15) is 0 Å². The van der Waals surface area contributed by atoms with Crippen LogP contribution in [0.5, 0.6) is 0 Å². The van der Waals surface area contributed by atoms with Gasteiger partial charge in [-0.25, -0.2) is 0 Å². The zero-order valence-corrected chi connectivity index (χ0v) is 6.89. The van der Waals surface area contributed by atoms with E-state index in [2.05, 4.69) is 9.97 Å². The number of nitrogens with zero attached hydrogens (tertiary/aromatic N) is 2. The molecule has 0 fully saturated rings. The first-order valence-electron chi connectivity index (χ1n) is 3.00. The first-order chi connectivity index (χ1) is 5.27. The molecule has 1 aromatic carbocycles. The Hall–Kier alpha value is -0.730. The van der Waals surface area contributed by atoms with Gasteiger partial charge in [0.2, 0.25) is 0 Å². The summed E-state index contributed by atoms with van der Waals surface area (Å²) in [5.41, 5.74) is 1.55. The van der Waals surface area contributed by atoms with Crippen molar-refractivity contribution in [3.63, 3.8) is 0 Å². The van der Waals surface area contributed by atoms with Gasteiger partial charge in [0, 0.05) is 0 Å². The molecule has 0 spiro atoms. The molecule has 0 unspecified atom stereocenters. The molecule has 0 bridgehead atoms. The third-order valence-electron chi connectivity index (χ3n) is 1.41. The molecule has 0 aliphatic heterocycles. The highest BCUT2D eigenvalue weighted by molar-refractivity contribution is 6.42. The second-order valence-electron chi connectivity index (χ2n) is 2.13. The molecule has 1 heterocycles. The molecule has 4 heteroatoms. The second kappa shape index (κ2) is 2.40. The van der Waals surface area contributed by atoms with Gasteiger partial charge >= 0.3 is 0 Å². The molecule has 0 atom stereocenters. The fraction of sp³-hybridized carbons (Fsp3) is 0. The molecule has 0 saturated heterocycles. The standard InChI is InChI=1S/C7H3Cl2N2/c8-4-1-6-7(2-5(4)9)11-3-10-6/h1-3H/q-1. The maximum atomic E-state index is 5.74. The van der Waals surface area contributed by atoms with Crippen LogP contribution in [0.25, 0.3) is 11.0 Å². The highest BCUT2D eigenvalue weighted by Gasteiger charge is 1.96. The summed E-state index contributed by atoms with van der Waals surface area (Å²) in [6, 6.07) is 3.40. The van der Waals surface area contributed by atoms with Crippen molar-refractivity contribution in [2.75, 3.05) is 0 Å². The predicted octanol–water partition coefficient (Wildman–Crippen LogP) is 2.50. The van der Waals surface area contributed by atoms with E-state index in [1.165, 1.54) is 6.33 Å². The lowest BCUT2D eigenvalue weighted by Gasteiger charge is -1.97. The largest absolute Gasteiger partial charge is 0.443 e. The van der Waals surface area contributed by atoms with Crippen LogP contribution in [0.15, 0.2) is 18.5 Å². The summed E-state index contributed by atoms with van der Waals surface area (Å²) in [4.78, 5) is 7.93. The van der Waals surface area contributed by atoms with Crippen LogP contribution < -0.4 is 4.98 Å². The van der Waals surface area contributed by atoms with Crippen molar-refractivity contribution in [1.82, 2.24) is 9.97 Å². The molecule has 0 N–H and O–H groups in total. The molecule has 2 aromatic rings. The SMILES string of the molecule is Clc1cc2nc[n-]c2cc1Cl. The fourth-order valence-electron chi connectivity index (χ4n) is 0.886. The van der Waals surface area contributed by atoms with Crippen molar-refractivity contribution < 1.29 is 0 Å². The van der Waals surface area contributed by atoms with Crippen LogP contribution >= 0.6 is 23.2 Å². The van der Waals surface area contributed by atoms with Crippen molar-refractivity contribution in [2.24, 2.45) is 0 Å². The number of halogens is 2. The molecule has 56 valence electrons. The van der Waals surface area contributed by atoms with Gasteiger partial charge in [0.15, 0.2) is 0 Å². The molecule has 2 rings (SSSR count). The molecule has 1 aromatic heterocycles. The van der Waals surface area contributed by atoms with Gasteiger partial charge in [0.25, 0.3) is 0 Å². The molecule has 0 aliphatic rings. The average Bonchev–Trinajstić information content (AvgIpc) is 2.36. The maximum Gasteiger partial charge on any atom is 0.0594 e. The zero-order chi connectivity index (χ0) is 7.84. The molecule has 0 saturated carbocycles. The van der Waals surface area contributed by atoms with E-state index in [1.54, 1.807) is 12.1 Å². The minimum atomic E-state index is 0.514. The van der Waals surface area contributed by atoms with Gasteiger partial charge in [-0.15, -0.1) is 0 Å². The lowest BCUT2D eigenvalue weighted by Crippen LogP contribution is -1.72. The van der Waals surface area contributed by atoms with Gasteiger partial charge < -0.3 is 9.97 Å². The lowest BCUT2D eigenvalue weighted by molar-refractivity contribution is 1.32. The van der Waals surface area contributed by atoms with Crippen LogP contribution in [-0.2, 0) is 0 Å². The van der Waals surface area contributed by atoms with E-state index in [4.69, 9.17) is 23.2 Å². The minimum absolute atomic E-state index is 0.514. The van der Waals surface area contributed by atoms with Gasteiger partial charge in [-0.3, -0.25) is 0 Å². The van der Waals surface area contributed by atoms with Crippen LogP contribution in [0.1, 0.15) is 0 Å². The smallest absolute Gasteiger partial charge is 0.0594 e. The quantitative estimate of drug-likeness (QED) is 0.631. The molecule has 0 aliphatic carbocycles. The fourth-order valence-corrected chi connectivity index (χ4v) is 1.20. The Bertz CT molecular complexity index is 358. The third-order valence-corrected chi connectivity index (χ3v) is 2.13. The van der Waals surface area contributed by atoms with E-state index >= 15 is 0 Å². The highest BCUT2D eigenvalue weighted by Crippen LogP contribution is 2.25. The second-order valence-corrected chi connectivity index (χ2v) is 2.94. The summed E-state index contributed by atoms with van der Waals surface area (Å²) in [6.07, 6.45) is 1.48. The number of hydrogen-bond donors (Lipinski definition) is 0. The van der Waals surface area contributed by atoms with E-state index in [9.17, 15) is 0 Å². The van der Waals surface area contributed by atoms with Crippen molar-refractivity contribution in [3.8, 4) is 0 Å². The zero-order valence-electron chi connectivity index (χ0n) is 5.38. The summed E-state index contributed by atoms with van der Waals surface area (Å²) in [7, 11) is 0. The first-order valence-corrected chi connectivity index (χ1v) is 3.75. The Kier molecular flexibility index (Phi) is 1.51. The van der Waals surface area contributed by atoms with Crippen molar-refractivity contribution in [2.45, 2.75) is 0 Å². The summed E-state index contributed by atoms with van der Waals surface area (Å²) in [5.74, 6) is 0. The van der Waals surface area contributed by atoms with E-state index in [1.807, 2.05) is 0 Å². The Morgan fingerprint density at radius 2 is 1.91 bits per heavy atom. The minimum Gasteiger partial charge on any atom is -0.443 e. The third kappa shape index (κ3) is 1.08. The van der Waals surface area contributed by atoms with Gasteiger partial charge in [0.1, 0.15) is 0 Å². The van der Waals surface area contributed by atoms with E-state index in [0.29, 0.717) is 10.0 Å². The number of imidazole rings is 1.